The minimum absolute atomic E-state index is 0.0488. The molecule has 0 radical (unpaired) electrons. The smallest absolute Gasteiger partial charge is 0.317 e. The van der Waals surface area contributed by atoms with Crippen LogP contribution >= 0.6 is 22.9 Å². The van der Waals surface area contributed by atoms with E-state index in [-0.39, 0.29) is 6.03 Å². The van der Waals surface area contributed by atoms with Crippen molar-refractivity contribution < 1.29 is 4.79 Å². The van der Waals surface area contributed by atoms with Crippen LogP contribution in [0.15, 0.2) is 12.1 Å². The molecule has 0 unspecified atom stereocenters. The van der Waals surface area contributed by atoms with Crippen LogP contribution in [0.25, 0.3) is 0 Å². The maximum Gasteiger partial charge on any atom is 0.317 e. The lowest BCUT2D eigenvalue weighted by molar-refractivity contribution is 0.218. The number of hydrogen-bond acceptors (Lipinski definition) is 2. The van der Waals surface area contributed by atoms with Gasteiger partial charge in [-0.15, -0.1) is 11.3 Å². The van der Waals surface area contributed by atoms with E-state index >= 15 is 0 Å². The number of amides is 2. The predicted molar refractivity (Wildman–Crippen MR) is 58.0 cm³/mol. The fourth-order valence-corrected chi connectivity index (χ4v) is 2.53. The largest absolute Gasteiger partial charge is 0.336 e. The second-order valence-corrected chi connectivity index (χ2v) is 4.97. The molecule has 0 bridgehead atoms. The molecule has 1 aliphatic rings. The summed E-state index contributed by atoms with van der Waals surface area (Å²) in [5.74, 6) is 0. The number of nitrogens with one attached hydrogen (secondary N) is 1. The van der Waals surface area contributed by atoms with E-state index in [0.717, 1.165) is 30.4 Å². The Balaban J connectivity index is 1.85. The van der Waals surface area contributed by atoms with Crippen LogP contribution in [0, 0.1) is 0 Å². The molecule has 14 heavy (non-hydrogen) atoms. The highest BCUT2D eigenvalue weighted by molar-refractivity contribution is 7.16. The number of carbonyl (C=O) groups excluding carboxylic acids is 1. The molecule has 0 aromatic carbocycles. The molecule has 0 saturated carbocycles. The van der Waals surface area contributed by atoms with E-state index in [1.54, 1.807) is 11.3 Å². The average Bonchev–Trinajstić information content (AvgIpc) is 2.72. The molecular formula is C9H11ClN2OS. The van der Waals surface area contributed by atoms with Crippen molar-refractivity contribution in [2.75, 3.05) is 19.6 Å². The molecule has 1 fully saturated rings. The number of carbonyl (C=O) groups is 1. The third-order valence-electron chi connectivity index (χ3n) is 2.20. The van der Waals surface area contributed by atoms with Crippen LogP contribution in [0.2, 0.25) is 4.34 Å². The first-order valence-corrected chi connectivity index (χ1v) is 5.72. The van der Waals surface area contributed by atoms with Gasteiger partial charge in [-0.2, -0.15) is 0 Å². The molecular weight excluding hydrogens is 220 g/mol. The van der Waals surface area contributed by atoms with Gasteiger partial charge in [0, 0.05) is 24.5 Å². The second-order valence-electron chi connectivity index (χ2n) is 3.17. The molecule has 0 spiro atoms. The molecule has 0 aliphatic carbocycles. The van der Waals surface area contributed by atoms with E-state index in [0.29, 0.717) is 0 Å². The normalized spacial score (nSPS) is 16.1. The number of halogens is 1. The standard InChI is InChI=1S/C9H11ClN2OS/c10-8-2-1-7(14-8)3-5-12-6-4-11-9(12)13/h1-2H,3-6H2,(H,11,13). The van der Waals surface area contributed by atoms with Crippen molar-refractivity contribution in [2.24, 2.45) is 0 Å². The zero-order valence-electron chi connectivity index (χ0n) is 7.62. The van der Waals surface area contributed by atoms with Gasteiger partial charge in [-0.3, -0.25) is 0 Å². The Morgan fingerprint density at radius 2 is 2.43 bits per heavy atom. The van der Waals surface area contributed by atoms with Crippen LogP contribution < -0.4 is 5.32 Å². The van der Waals surface area contributed by atoms with Crippen molar-refractivity contribution in [3.63, 3.8) is 0 Å². The minimum atomic E-state index is 0.0488. The lowest BCUT2D eigenvalue weighted by Gasteiger charge is -2.12. The number of thiophene rings is 1. The van der Waals surface area contributed by atoms with Crippen LogP contribution in [-0.2, 0) is 6.42 Å². The molecule has 1 aromatic heterocycles. The van der Waals surface area contributed by atoms with Gasteiger partial charge in [-0.25, -0.2) is 4.79 Å². The zero-order valence-corrected chi connectivity index (χ0v) is 9.20. The van der Waals surface area contributed by atoms with Gasteiger partial charge in [0.15, 0.2) is 0 Å². The predicted octanol–water partition coefficient (Wildman–Crippen LogP) is 1.97. The molecule has 2 rings (SSSR count). The molecule has 2 heterocycles. The van der Waals surface area contributed by atoms with Gasteiger partial charge in [0.1, 0.15) is 0 Å². The second kappa shape index (κ2) is 4.19. The first-order chi connectivity index (χ1) is 6.75. The van der Waals surface area contributed by atoms with Crippen molar-refractivity contribution >= 4 is 29.0 Å². The fraction of sp³-hybridized carbons (Fsp3) is 0.444. The monoisotopic (exact) mass is 230 g/mol. The maximum absolute atomic E-state index is 11.2. The van der Waals surface area contributed by atoms with Crippen molar-refractivity contribution in [3.8, 4) is 0 Å². The van der Waals surface area contributed by atoms with Gasteiger partial charge in [-0.05, 0) is 18.6 Å². The maximum atomic E-state index is 11.2. The summed E-state index contributed by atoms with van der Waals surface area (Å²) < 4.78 is 0.811. The van der Waals surface area contributed by atoms with Crippen molar-refractivity contribution in [1.82, 2.24) is 10.2 Å². The summed E-state index contributed by atoms with van der Waals surface area (Å²) in [5, 5.41) is 2.78. The van der Waals surface area contributed by atoms with E-state index in [2.05, 4.69) is 5.32 Å². The van der Waals surface area contributed by atoms with Crippen molar-refractivity contribution in [1.29, 1.82) is 0 Å². The Kier molecular flexibility index (Phi) is 2.93. The SMILES string of the molecule is O=C1NCCN1CCc1ccc(Cl)s1. The summed E-state index contributed by atoms with van der Waals surface area (Å²) in [6, 6.07) is 3.96. The first-order valence-electron chi connectivity index (χ1n) is 4.53. The number of hydrogen-bond donors (Lipinski definition) is 1. The van der Waals surface area contributed by atoms with Gasteiger partial charge >= 0.3 is 6.03 Å². The zero-order chi connectivity index (χ0) is 9.97. The summed E-state index contributed by atoms with van der Waals surface area (Å²) in [5.41, 5.74) is 0. The van der Waals surface area contributed by atoms with Gasteiger partial charge in [0.2, 0.25) is 0 Å². The van der Waals surface area contributed by atoms with E-state index in [1.165, 1.54) is 4.88 Å². The molecule has 1 aromatic rings. The topological polar surface area (TPSA) is 32.3 Å². The highest BCUT2D eigenvalue weighted by Crippen LogP contribution is 2.21. The van der Waals surface area contributed by atoms with Gasteiger partial charge in [0.25, 0.3) is 0 Å². The molecule has 76 valence electrons. The van der Waals surface area contributed by atoms with Crippen LogP contribution in [0.4, 0.5) is 4.79 Å². The Morgan fingerprint density at radius 3 is 3.00 bits per heavy atom. The molecule has 1 N–H and O–H groups in total. The van der Waals surface area contributed by atoms with Crippen LogP contribution in [0.5, 0.6) is 0 Å². The minimum Gasteiger partial charge on any atom is -0.336 e. The van der Waals surface area contributed by atoms with Crippen LogP contribution in [-0.4, -0.2) is 30.6 Å². The van der Waals surface area contributed by atoms with Crippen molar-refractivity contribution in [2.45, 2.75) is 6.42 Å². The highest BCUT2D eigenvalue weighted by Gasteiger charge is 2.18. The third kappa shape index (κ3) is 2.19. The Hall–Kier alpha value is -0.740. The quantitative estimate of drug-likeness (QED) is 0.846. The lowest BCUT2D eigenvalue weighted by atomic mass is 10.3. The third-order valence-corrected chi connectivity index (χ3v) is 3.49. The molecule has 1 saturated heterocycles. The lowest BCUT2D eigenvalue weighted by Crippen LogP contribution is -2.29. The van der Waals surface area contributed by atoms with E-state index in [1.807, 2.05) is 17.0 Å². The van der Waals surface area contributed by atoms with Crippen LogP contribution in [0.3, 0.4) is 0 Å². The van der Waals surface area contributed by atoms with E-state index in [9.17, 15) is 4.79 Å². The van der Waals surface area contributed by atoms with Gasteiger partial charge in [-0.1, -0.05) is 11.6 Å². The number of rotatable bonds is 3. The van der Waals surface area contributed by atoms with Crippen LogP contribution in [0.1, 0.15) is 4.88 Å². The first kappa shape index (κ1) is 9.80. The summed E-state index contributed by atoms with van der Waals surface area (Å²) in [6.45, 7) is 2.37. The molecule has 0 atom stereocenters. The van der Waals surface area contributed by atoms with Gasteiger partial charge in [0.05, 0.1) is 4.34 Å². The summed E-state index contributed by atoms with van der Waals surface area (Å²) in [7, 11) is 0. The number of urea groups is 1. The molecule has 2 amide bonds. The van der Waals surface area contributed by atoms with Crippen molar-refractivity contribution in [3.05, 3.63) is 21.3 Å². The Bertz CT molecular complexity index is 339. The Morgan fingerprint density at radius 1 is 1.57 bits per heavy atom. The average molecular weight is 231 g/mol. The summed E-state index contributed by atoms with van der Waals surface area (Å²) >= 11 is 7.39. The van der Waals surface area contributed by atoms with E-state index < -0.39 is 0 Å². The molecule has 5 heteroatoms. The fourth-order valence-electron chi connectivity index (χ4n) is 1.46. The van der Waals surface area contributed by atoms with Gasteiger partial charge < -0.3 is 10.2 Å². The molecule has 1 aliphatic heterocycles. The Labute approximate surface area is 91.7 Å². The highest BCUT2D eigenvalue weighted by atomic mass is 35.5. The summed E-state index contributed by atoms with van der Waals surface area (Å²) in [6.07, 6.45) is 0.894. The molecule has 3 nitrogen and oxygen atoms in total. The summed E-state index contributed by atoms with van der Waals surface area (Å²) in [4.78, 5) is 14.3. The number of nitrogens with zero attached hydrogens (tertiary/aromatic N) is 1. The van der Waals surface area contributed by atoms with E-state index in [4.69, 9.17) is 11.6 Å².